The Hall–Kier alpha value is -1.06. The van der Waals surface area contributed by atoms with E-state index in [1.54, 1.807) is 4.90 Å². The summed E-state index contributed by atoms with van der Waals surface area (Å²) in [7, 11) is 0. The van der Waals surface area contributed by atoms with E-state index in [9.17, 15) is 14.7 Å². The molecule has 1 atom stereocenters. The quantitative estimate of drug-likeness (QED) is 0.774. The number of likely N-dealkylation sites (tertiary alicyclic amines) is 1. The first-order valence-electron chi connectivity index (χ1n) is 5.97. The average Bonchev–Trinajstić information content (AvgIpc) is 2.97. The van der Waals surface area contributed by atoms with Crippen LogP contribution in [0.1, 0.15) is 39.5 Å². The van der Waals surface area contributed by atoms with Crippen molar-refractivity contribution in [2.24, 2.45) is 11.3 Å². The second kappa shape index (κ2) is 3.75. The SMILES string of the molecule is CC1(C)CCCN(C(=O)C2CC2)C1C(=O)O. The highest BCUT2D eigenvalue weighted by Gasteiger charge is 2.47. The second-order valence-corrected chi connectivity index (χ2v) is 5.64. The number of piperidine rings is 1. The Balaban J connectivity index is 2.20. The number of hydrogen-bond acceptors (Lipinski definition) is 2. The molecule has 16 heavy (non-hydrogen) atoms. The smallest absolute Gasteiger partial charge is 0.326 e. The molecule has 90 valence electrons. The molecule has 1 amide bonds. The van der Waals surface area contributed by atoms with E-state index < -0.39 is 12.0 Å². The number of aliphatic carboxylic acids is 1. The molecule has 2 rings (SSSR count). The highest BCUT2D eigenvalue weighted by Crippen LogP contribution is 2.39. The van der Waals surface area contributed by atoms with Crippen molar-refractivity contribution < 1.29 is 14.7 Å². The Morgan fingerprint density at radius 3 is 2.44 bits per heavy atom. The summed E-state index contributed by atoms with van der Waals surface area (Å²) < 4.78 is 0. The first kappa shape index (κ1) is 11.4. The van der Waals surface area contributed by atoms with Gasteiger partial charge in [0.25, 0.3) is 0 Å². The largest absolute Gasteiger partial charge is 0.480 e. The van der Waals surface area contributed by atoms with Gasteiger partial charge >= 0.3 is 5.97 Å². The summed E-state index contributed by atoms with van der Waals surface area (Å²) in [6.45, 7) is 4.49. The molecule has 2 fully saturated rings. The van der Waals surface area contributed by atoms with Crippen molar-refractivity contribution in [3.05, 3.63) is 0 Å². The summed E-state index contributed by atoms with van der Waals surface area (Å²) >= 11 is 0. The molecule has 0 spiro atoms. The molecule has 0 aromatic carbocycles. The number of carbonyl (C=O) groups is 2. The van der Waals surface area contributed by atoms with Crippen LogP contribution in [-0.4, -0.2) is 34.5 Å². The molecular formula is C12H19NO3. The van der Waals surface area contributed by atoms with E-state index in [-0.39, 0.29) is 17.2 Å². The zero-order chi connectivity index (χ0) is 11.9. The lowest BCUT2D eigenvalue weighted by molar-refractivity contribution is -0.159. The first-order valence-corrected chi connectivity index (χ1v) is 5.97. The Kier molecular flexibility index (Phi) is 2.68. The van der Waals surface area contributed by atoms with Crippen LogP contribution in [0.15, 0.2) is 0 Å². The van der Waals surface area contributed by atoms with Crippen molar-refractivity contribution in [3.8, 4) is 0 Å². The molecule has 0 aromatic rings. The van der Waals surface area contributed by atoms with Crippen molar-refractivity contribution in [1.29, 1.82) is 0 Å². The molecule has 1 unspecified atom stereocenters. The van der Waals surface area contributed by atoms with Crippen molar-refractivity contribution in [2.45, 2.75) is 45.6 Å². The average molecular weight is 225 g/mol. The lowest BCUT2D eigenvalue weighted by atomic mass is 9.76. The van der Waals surface area contributed by atoms with Gasteiger partial charge in [0.2, 0.25) is 5.91 Å². The minimum absolute atomic E-state index is 0.0557. The normalized spacial score (nSPS) is 28.9. The van der Waals surface area contributed by atoms with Gasteiger partial charge in [-0.2, -0.15) is 0 Å². The topological polar surface area (TPSA) is 57.6 Å². The van der Waals surface area contributed by atoms with E-state index in [1.807, 2.05) is 13.8 Å². The second-order valence-electron chi connectivity index (χ2n) is 5.64. The highest BCUT2D eigenvalue weighted by atomic mass is 16.4. The fraction of sp³-hybridized carbons (Fsp3) is 0.833. The number of hydrogen-bond donors (Lipinski definition) is 1. The molecule has 1 aliphatic carbocycles. The Labute approximate surface area is 95.6 Å². The monoisotopic (exact) mass is 225 g/mol. The number of carboxylic acids is 1. The molecule has 1 saturated heterocycles. The summed E-state index contributed by atoms with van der Waals surface area (Å²) in [5, 5.41) is 9.30. The predicted molar refractivity (Wildman–Crippen MR) is 58.9 cm³/mol. The number of carboxylic acid groups (broad SMARTS) is 1. The zero-order valence-electron chi connectivity index (χ0n) is 9.90. The fourth-order valence-electron chi connectivity index (χ4n) is 2.66. The number of rotatable bonds is 2. The zero-order valence-corrected chi connectivity index (χ0v) is 9.90. The minimum Gasteiger partial charge on any atom is -0.480 e. The van der Waals surface area contributed by atoms with Crippen LogP contribution in [0.2, 0.25) is 0 Å². The van der Waals surface area contributed by atoms with Crippen LogP contribution in [0.4, 0.5) is 0 Å². The molecule has 0 bridgehead atoms. The summed E-state index contributed by atoms with van der Waals surface area (Å²) in [5.41, 5.74) is -0.311. The van der Waals surface area contributed by atoms with E-state index in [0.29, 0.717) is 6.54 Å². The number of carbonyl (C=O) groups excluding carboxylic acids is 1. The van der Waals surface area contributed by atoms with Crippen molar-refractivity contribution >= 4 is 11.9 Å². The van der Waals surface area contributed by atoms with E-state index in [0.717, 1.165) is 25.7 Å². The van der Waals surface area contributed by atoms with Crippen LogP contribution in [0.3, 0.4) is 0 Å². The van der Waals surface area contributed by atoms with Crippen LogP contribution in [0, 0.1) is 11.3 Å². The molecule has 1 aliphatic heterocycles. The minimum atomic E-state index is -0.862. The van der Waals surface area contributed by atoms with Crippen LogP contribution < -0.4 is 0 Å². The Morgan fingerprint density at radius 1 is 1.31 bits per heavy atom. The molecule has 1 N–H and O–H groups in total. The molecule has 1 saturated carbocycles. The molecule has 2 aliphatic rings. The van der Waals surface area contributed by atoms with Crippen LogP contribution in [-0.2, 0) is 9.59 Å². The van der Waals surface area contributed by atoms with Gasteiger partial charge < -0.3 is 10.0 Å². The van der Waals surface area contributed by atoms with Gasteiger partial charge in [0.1, 0.15) is 6.04 Å². The maximum Gasteiger partial charge on any atom is 0.326 e. The maximum atomic E-state index is 12.0. The number of nitrogens with zero attached hydrogens (tertiary/aromatic N) is 1. The third-order valence-electron chi connectivity index (χ3n) is 3.72. The molecular weight excluding hydrogens is 206 g/mol. The fourth-order valence-corrected chi connectivity index (χ4v) is 2.66. The van der Waals surface area contributed by atoms with Gasteiger partial charge in [-0.05, 0) is 31.1 Å². The predicted octanol–water partition coefficient (Wildman–Crippen LogP) is 1.50. The van der Waals surface area contributed by atoms with Gasteiger partial charge in [-0.3, -0.25) is 4.79 Å². The Morgan fingerprint density at radius 2 is 1.94 bits per heavy atom. The lowest BCUT2D eigenvalue weighted by Crippen LogP contribution is -2.56. The van der Waals surface area contributed by atoms with Gasteiger partial charge in [-0.15, -0.1) is 0 Å². The van der Waals surface area contributed by atoms with E-state index in [2.05, 4.69) is 0 Å². The summed E-state index contributed by atoms with van der Waals surface area (Å²) in [4.78, 5) is 25.0. The summed E-state index contributed by atoms with van der Waals surface area (Å²) in [6.07, 6.45) is 3.65. The first-order chi connectivity index (χ1) is 7.43. The van der Waals surface area contributed by atoms with E-state index in [4.69, 9.17) is 0 Å². The molecule has 0 radical (unpaired) electrons. The van der Waals surface area contributed by atoms with Gasteiger partial charge in [0.15, 0.2) is 0 Å². The highest BCUT2D eigenvalue weighted by molar-refractivity contribution is 5.87. The van der Waals surface area contributed by atoms with Crippen LogP contribution in [0.5, 0.6) is 0 Å². The van der Waals surface area contributed by atoms with E-state index >= 15 is 0 Å². The van der Waals surface area contributed by atoms with Crippen LogP contribution in [0.25, 0.3) is 0 Å². The maximum absolute atomic E-state index is 12.0. The molecule has 0 aromatic heterocycles. The van der Waals surface area contributed by atoms with Gasteiger partial charge in [-0.1, -0.05) is 13.8 Å². The van der Waals surface area contributed by atoms with Gasteiger partial charge in [0.05, 0.1) is 0 Å². The Bertz CT molecular complexity index is 320. The number of amides is 1. The van der Waals surface area contributed by atoms with Crippen molar-refractivity contribution in [2.75, 3.05) is 6.54 Å². The van der Waals surface area contributed by atoms with Crippen LogP contribution >= 0.6 is 0 Å². The summed E-state index contributed by atoms with van der Waals surface area (Å²) in [5.74, 6) is -0.699. The van der Waals surface area contributed by atoms with Crippen molar-refractivity contribution in [1.82, 2.24) is 4.90 Å². The lowest BCUT2D eigenvalue weighted by Gasteiger charge is -2.44. The van der Waals surface area contributed by atoms with E-state index in [1.165, 1.54) is 0 Å². The molecule has 4 nitrogen and oxygen atoms in total. The molecule has 1 heterocycles. The van der Waals surface area contributed by atoms with Gasteiger partial charge in [0, 0.05) is 12.5 Å². The standard InChI is InChI=1S/C12H19NO3/c1-12(2)6-3-7-13(9(12)11(15)16)10(14)8-4-5-8/h8-9H,3-7H2,1-2H3,(H,15,16). The molecule has 4 heteroatoms. The third-order valence-corrected chi connectivity index (χ3v) is 3.72. The third kappa shape index (κ3) is 1.93. The van der Waals surface area contributed by atoms with Gasteiger partial charge in [-0.25, -0.2) is 4.79 Å². The van der Waals surface area contributed by atoms with Crippen molar-refractivity contribution in [3.63, 3.8) is 0 Å². The summed E-state index contributed by atoms with van der Waals surface area (Å²) in [6, 6.07) is -0.644.